The van der Waals surface area contributed by atoms with Crippen LogP contribution in [0.3, 0.4) is 0 Å². The Hall–Kier alpha value is -1.32. The number of aromatic amines is 1. The minimum absolute atomic E-state index is 0.0140. The number of aromatic nitrogens is 2. The zero-order valence-corrected chi connectivity index (χ0v) is 10.1. The van der Waals surface area contributed by atoms with Gasteiger partial charge in [0.05, 0.1) is 0 Å². The van der Waals surface area contributed by atoms with E-state index >= 15 is 0 Å². The van der Waals surface area contributed by atoms with E-state index in [9.17, 15) is 4.79 Å². The van der Waals surface area contributed by atoms with Gasteiger partial charge in [-0.2, -0.15) is 0 Å². The Morgan fingerprint density at radius 1 is 1.40 bits per heavy atom. The fraction of sp³-hybridized carbons (Fsp3) is 0.636. The van der Waals surface area contributed by atoms with E-state index in [0.717, 1.165) is 17.7 Å². The molecule has 1 N–H and O–H groups in total. The molecule has 1 aromatic heterocycles. The van der Waals surface area contributed by atoms with E-state index in [2.05, 4.69) is 23.8 Å². The average molecular weight is 209 g/mol. The highest BCUT2D eigenvalue weighted by Gasteiger charge is 2.10. The normalized spacial score (nSPS) is 10.8. The molecule has 0 fully saturated rings. The summed E-state index contributed by atoms with van der Waals surface area (Å²) in [6.45, 7) is 6.08. The molecule has 1 aromatic rings. The van der Waals surface area contributed by atoms with Gasteiger partial charge in [-0.3, -0.25) is 9.78 Å². The summed E-state index contributed by atoms with van der Waals surface area (Å²) in [5.41, 5.74) is 1.62. The first-order valence-corrected chi connectivity index (χ1v) is 5.19. The Kier molecular flexibility index (Phi) is 3.50. The van der Waals surface area contributed by atoms with Gasteiger partial charge in [0.15, 0.2) is 0 Å². The number of anilines is 1. The summed E-state index contributed by atoms with van der Waals surface area (Å²) in [5, 5.41) is 0. The molecule has 1 heterocycles. The molecule has 84 valence electrons. The van der Waals surface area contributed by atoms with Crippen LogP contribution in [0.25, 0.3) is 0 Å². The van der Waals surface area contributed by atoms with Gasteiger partial charge in [-0.15, -0.1) is 0 Å². The van der Waals surface area contributed by atoms with Crippen molar-refractivity contribution in [3.8, 4) is 0 Å². The summed E-state index contributed by atoms with van der Waals surface area (Å²) >= 11 is 0. The SMILES string of the molecule is Cc1nc(N(C)C)[nH]c(=O)c1CC(C)C. The Morgan fingerprint density at radius 3 is 2.40 bits per heavy atom. The maximum atomic E-state index is 11.8. The lowest BCUT2D eigenvalue weighted by Gasteiger charge is -2.13. The number of nitrogens with zero attached hydrogens (tertiary/aromatic N) is 2. The maximum Gasteiger partial charge on any atom is 0.255 e. The largest absolute Gasteiger partial charge is 0.348 e. The molecule has 1 rings (SSSR count). The standard InChI is InChI=1S/C11H19N3O/c1-7(2)6-9-8(3)12-11(14(4)5)13-10(9)15/h7H,6H2,1-5H3,(H,12,13,15). The van der Waals surface area contributed by atoms with Crippen LogP contribution in [0.5, 0.6) is 0 Å². The number of H-pyrrole nitrogens is 1. The summed E-state index contributed by atoms with van der Waals surface area (Å²) < 4.78 is 0. The van der Waals surface area contributed by atoms with Crippen LogP contribution in [0.2, 0.25) is 0 Å². The fourth-order valence-corrected chi connectivity index (χ4v) is 1.46. The smallest absolute Gasteiger partial charge is 0.255 e. The third kappa shape index (κ3) is 2.81. The highest BCUT2D eigenvalue weighted by atomic mass is 16.1. The number of hydrogen-bond donors (Lipinski definition) is 1. The molecule has 15 heavy (non-hydrogen) atoms. The number of nitrogens with one attached hydrogen (secondary N) is 1. The van der Waals surface area contributed by atoms with Crippen molar-refractivity contribution in [2.45, 2.75) is 27.2 Å². The van der Waals surface area contributed by atoms with Crippen molar-refractivity contribution >= 4 is 5.95 Å². The average Bonchev–Trinajstić information content (AvgIpc) is 2.10. The molecular formula is C11H19N3O. The predicted octanol–water partition coefficient (Wildman–Crippen LogP) is 1.34. The van der Waals surface area contributed by atoms with Crippen molar-refractivity contribution in [2.24, 2.45) is 5.92 Å². The molecule has 0 aromatic carbocycles. The minimum Gasteiger partial charge on any atom is -0.348 e. The van der Waals surface area contributed by atoms with Crippen LogP contribution in [-0.4, -0.2) is 24.1 Å². The molecule has 0 atom stereocenters. The summed E-state index contributed by atoms with van der Waals surface area (Å²) in [6.07, 6.45) is 0.780. The Labute approximate surface area is 90.3 Å². The van der Waals surface area contributed by atoms with Crippen molar-refractivity contribution in [3.05, 3.63) is 21.6 Å². The van der Waals surface area contributed by atoms with Crippen molar-refractivity contribution in [2.75, 3.05) is 19.0 Å². The van der Waals surface area contributed by atoms with Crippen LogP contribution in [0, 0.1) is 12.8 Å². The van der Waals surface area contributed by atoms with Crippen LogP contribution in [0.1, 0.15) is 25.1 Å². The van der Waals surface area contributed by atoms with Gasteiger partial charge in [-0.1, -0.05) is 13.8 Å². The van der Waals surface area contributed by atoms with Gasteiger partial charge in [-0.05, 0) is 19.3 Å². The van der Waals surface area contributed by atoms with E-state index < -0.39 is 0 Å². The lowest BCUT2D eigenvalue weighted by molar-refractivity contribution is 0.636. The van der Waals surface area contributed by atoms with E-state index in [1.165, 1.54) is 0 Å². The zero-order valence-electron chi connectivity index (χ0n) is 10.1. The van der Waals surface area contributed by atoms with Crippen molar-refractivity contribution in [1.29, 1.82) is 0 Å². The monoisotopic (exact) mass is 209 g/mol. The molecule has 0 aliphatic carbocycles. The second-order valence-corrected chi connectivity index (χ2v) is 4.45. The predicted molar refractivity (Wildman–Crippen MR) is 62.5 cm³/mol. The Bertz CT molecular complexity index is 393. The van der Waals surface area contributed by atoms with Gasteiger partial charge in [0.2, 0.25) is 5.95 Å². The topological polar surface area (TPSA) is 49.0 Å². The first kappa shape index (κ1) is 11.8. The number of hydrogen-bond acceptors (Lipinski definition) is 3. The third-order valence-electron chi connectivity index (χ3n) is 2.25. The van der Waals surface area contributed by atoms with E-state index in [1.807, 2.05) is 21.0 Å². The second kappa shape index (κ2) is 4.47. The summed E-state index contributed by atoms with van der Waals surface area (Å²) in [7, 11) is 3.72. The molecule has 0 saturated heterocycles. The molecule has 0 bridgehead atoms. The Morgan fingerprint density at radius 2 is 2.00 bits per heavy atom. The highest BCUT2D eigenvalue weighted by molar-refractivity contribution is 5.30. The fourth-order valence-electron chi connectivity index (χ4n) is 1.46. The van der Waals surface area contributed by atoms with Crippen LogP contribution in [-0.2, 0) is 6.42 Å². The highest BCUT2D eigenvalue weighted by Crippen LogP contribution is 2.09. The maximum absolute atomic E-state index is 11.8. The molecule has 0 spiro atoms. The first-order chi connectivity index (χ1) is 6.91. The van der Waals surface area contributed by atoms with E-state index in [-0.39, 0.29) is 5.56 Å². The molecule has 0 radical (unpaired) electrons. The van der Waals surface area contributed by atoms with E-state index in [1.54, 1.807) is 4.90 Å². The molecule has 4 nitrogen and oxygen atoms in total. The Balaban J connectivity index is 3.16. The molecule has 0 aliphatic rings. The second-order valence-electron chi connectivity index (χ2n) is 4.45. The third-order valence-corrected chi connectivity index (χ3v) is 2.25. The van der Waals surface area contributed by atoms with Gasteiger partial charge in [0.25, 0.3) is 5.56 Å². The number of aryl methyl sites for hydroxylation is 1. The van der Waals surface area contributed by atoms with Gasteiger partial charge in [0, 0.05) is 25.4 Å². The van der Waals surface area contributed by atoms with Gasteiger partial charge in [0.1, 0.15) is 0 Å². The molecule has 0 amide bonds. The van der Waals surface area contributed by atoms with Crippen LogP contribution in [0.4, 0.5) is 5.95 Å². The molecular weight excluding hydrogens is 190 g/mol. The van der Waals surface area contributed by atoms with Gasteiger partial charge in [-0.25, -0.2) is 4.98 Å². The van der Waals surface area contributed by atoms with E-state index in [4.69, 9.17) is 0 Å². The van der Waals surface area contributed by atoms with Crippen LogP contribution >= 0.6 is 0 Å². The number of rotatable bonds is 3. The lowest BCUT2D eigenvalue weighted by atomic mass is 10.0. The van der Waals surface area contributed by atoms with Crippen LogP contribution in [0.15, 0.2) is 4.79 Å². The molecule has 0 saturated carbocycles. The summed E-state index contributed by atoms with van der Waals surface area (Å²) in [4.78, 5) is 20.7. The summed E-state index contributed by atoms with van der Waals surface area (Å²) in [6, 6.07) is 0. The first-order valence-electron chi connectivity index (χ1n) is 5.19. The molecule has 0 unspecified atom stereocenters. The summed E-state index contributed by atoms with van der Waals surface area (Å²) in [5.74, 6) is 1.09. The molecule has 4 heteroatoms. The zero-order chi connectivity index (χ0) is 11.6. The van der Waals surface area contributed by atoms with Crippen molar-refractivity contribution < 1.29 is 0 Å². The van der Waals surface area contributed by atoms with Gasteiger partial charge < -0.3 is 4.90 Å². The van der Waals surface area contributed by atoms with Crippen molar-refractivity contribution in [3.63, 3.8) is 0 Å². The van der Waals surface area contributed by atoms with E-state index in [0.29, 0.717) is 11.9 Å². The van der Waals surface area contributed by atoms with Crippen LogP contribution < -0.4 is 10.5 Å². The molecule has 0 aliphatic heterocycles. The van der Waals surface area contributed by atoms with Crippen molar-refractivity contribution in [1.82, 2.24) is 9.97 Å². The quantitative estimate of drug-likeness (QED) is 0.817. The minimum atomic E-state index is -0.0140. The lowest BCUT2D eigenvalue weighted by Crippen LogP contribution is -2.23. The van der Waals surface area contributed by atoms with Gasteiger partial charge >= 0.3 is 0 Å².